The highest BCUT2D eigenvalue weighted by atomic mass is 16.5. The minimum absolute atomic E-state index is 0.258. The summed E-state index contributed by atoms with van der Waals surface area (Å²) in [6, 6.07) is 1.61. The molecule has 0 unspecified atom stereocenters. The van der Waals surface area contributed by atoms with E-state index in [0.29, 0.717) is 23.1 Å². The zero-order valence-corrected chi connectivity index (χ0v) is 12.3. The van der Waals surface area contributed by atoms with Crippen molar-refractivity contribution in [2.75, 3.05) is 26.0 Å². The fourth-order valence-corrected chi connectivity index (χ4v) is 1.78. The molecular formula is C13H18N6O2. The number of aromatic nitrogens is 4. The predicted octanol–water partition coefficient (Wildman–Crippen LogP) is 0.852. The van der Waals surface area contributed by atoms with Crippen LogP contribution in [0.5, 0.6) is 5.75 Å². The van der Waals surface area contributed by atoms with E-state index in [2.05, 4.69) is 32.6 Å². The number of anilines is 1. The molecule has 0 saturated carbocycles. The van der Waals surface area contributed by atoms with Crippen LogP contribution in [0.15, 0.2) is 18.6 Å². The second kappa shape index (κ2) is 6.69. The van der Waals surface area contributed by atoms with Gasteiger partial charge in [-0.1, -0.05) is 6.92 Å². The predicted molar refractivity (Wildman–Crippen MR) is 77.9 cm³/mol. The van der Waals surface area contributed by atoms with E-state index in [1.54, 1.807) is 26.4 Å². The summed E-state index contributed by atoms with van der Waals surface area (Å²) in [4.78, 5) is 19.9. The number of methoxy groups -OCH3 is 1. The zero-order valence-electron chi connectivity index (χ0n) is 12.3. The Kier molecular flexibility index (Phi) is 4.70. The Hall–Kier alpha value is -2.64. The fraction of sp³-hybridized carbons (Fsp3) is 0.385. The summed E-state index contributed by atoms with van der Waals surface area (Å²) in [5.41, 5.74) is 0.307. The van der Waals surface area contributed by atoms with Gasteiger partial charge in [0.25, 0.3) is 5.91 Å². The lowest BCUT2D eigenvalue weighted by molar-refractivity contribution is 0.0957. The third kappa shape index (κ3) is 3.10. The van der Waals surface area contributed by atoms with E-state index < -0.39 is 0 Å². The maximum atomic E-state index is 11.6. The van der Waals surface area contributed by atoms with E-state index in [0.717, 1.165) is 13.0 Å². The lowest BCUT2D eigenvalue weighted by atomic mass is 10.4. The van der Waals surface area contributed by atoms with Crippen LogP contribution in [-0.2, 0) is 0 Å². The normalized spacial score (nSPS) is 10.2. The first-order chi connectivity index (χ1) is 10.2. The highest BCUT2D eigenvalue weighted by Gasteiger charge is 2.16. The lowest BCUT2D eigenvalue weighted by Crippen LogP contribution is -2.18. The summed E-state index contributed by atoms with van der Waals surface area (Å²) in [6.45, 7) is 2.83. The Morgan fingerprint density at radius 1 is 1.43 bits per heavy atom. The van der Waals surface area contributed by atoms with Crippen molar-refractivity contribution in [2.45, 2.75) is 13.3 Å². The SMILES string of the molecule is CCCNc1ncnc(-n2ccc(C(=O)NC)n2)c1OC. The van der Waals surface area contributed by atoms with Crippen molar-refractivity contribution in [1.82, 2.24) is 25.1 Å². The Bertz CT molecular complexity index is 625. The molecule has 8 nitrogen and oxygen atoms in total. The molecule has 8 heteroatoms. The molecule has 0 aliphatic rings. The third-order valence-corrected chi connectivity index (χ3v) is 2.80. The van der Waals surface area contributed by atoms with Gasteiger partial charge in [-0.3, -0.25) is 4.79 Å². The van der Waals surface area contributed by atoms with Crippen LogP contribution in [-0.4, -0.2) is 46.4 Å². The van der Waals surface area contributed by atoms with Crippen LogP contribution in [0.1, 0.15) is 23.8 Å². The summed E-state index contributed by atoms with van der Waals surface area (Å²) in [5, 5.41) is 9.88. The van der Waals surface area contributed by atoms with E-state index in [1.807, 2.05) is 0 Å². The minimum atomic E-state index is -0.258. The van der Waals surface area contributed by atoms with E-state index in [1.165, 1.54) is 11.0 Å². The van der Waals surface area contributed by atoms with E-state index in [9.17, 15) is 4.79 Å². The summed E-state index contributed by atoms with van der Waals surface area (Å²) < 4.78 is 6.86. The molecular weight excluding hydrogens is 272 g/mol. The maximum absolute atomic E-state index is 11.6. The molecule has 0 radical (unpaired) electrons. The average molecular weight is 290 g/mol. The average Bonchev–Trinajstić information content (AvgIpc) is 3.01. The molecule has 2 aromatic heterocycles. The van der Waals surface area contributed by atoms with Gasteiger partial charge in [0, 0.05) is 19.8 Å². The molecule has 2 rings (SSSR count). The van der Waals surface area contributed by atoms with Gasteiger partial charge in [0.05, 0.1) is 7.11 Å². The summed E-state index contributed by atoms with van der Waals surface area (Å²) in [6.07, 6.45) is 4.04. The standard InChI is InChI=1S/C13H18N6O2/c1-4-6-15-11-10(21-3)12(17-8-16-11)19-7-5-9(18-19)13(20)14-2/h5,7-8H,4,6H2,1-3H3,(H,14,20)(H,15,16,17). The molecule has 0 saturated heterocycles. The van der Waals surface area contributed by atoms with Crippen molar-refractivity contribution in [1.29, 1.82) is 0 Å². The van der Waals surface area contributed by atoms with E-state index >= 15 is 0 Å². The van der Waals surface area contributed by atoms with Crippen LogP contribution in [0, 0.1) is 0 Å². The van der Waals surface area contributed by atoms with Gasteiger partial charge in [-0.05, 0) is 12.5 Å². The van der Waals surface area contributed by atoms with Crippen molar-refractivity contribution < 1.29 is 9.53 Å². The first-order valence-electron chi connectivity index (χ1n) is 6.62. The van der Waals surface area contributed by atoms with Crippen LogP contribution in [0.3, 0.4) is 0 Å². The van der Waals surface area contributed by atoms with Crippen LogP contribution < -0.4 is 15.4 Å². The summed E-state index contributed by atoms with van der Waals surface area (Å²) >= 11 is 0. The van der Waals surface area contributed by atoms with Gasteiger partial charge in [-0.15, -0.1) is 0 Å². The summed E-state index contributed by atoms with van der Waals surface area (Å²) in [7, 11) is 3.10. The molecule has 2 heterocycles. The Labute approximate surface area is 122 Å². The molecule has 2 N–H and O–H groups in total. The molecule has 0 aliphatic heterocycles. The first-order valence-corrected chi connectivity index (χ1v) is 6.62. The summed E-state index contributed by atoms with van der Waals surface area (Å²) in [5.74, 6) is 1.30. The van der Waals surface area contributed by atoms with Crippen LogP contribution >= 0.6 is 0 Å². The molecule has 1 amide bonds. The largest absolute Gasteiger partial charge is 0.490 e. The zero-order chi connectivity index (χ0) is 15.2. The van der Waals surface area contributed by atoms with Crippen molar-refractivity contribution in [2.24, 2.45) is 0 Å². The van der Waals surface area contributed by atoms with Crippen LogP contribution in [0.4, 0.5) is 5.82 Å². The Morgan fingerprint density at radius 2 is 2.24 bits per heavy atom. The van der Waals surface area contributed by atoms with Crippen molar-refractivity contribution in [3.63, 3.8) is 0 Å². The quantitative estimate of drug-likeness (QED) is 0.819. The number of carbonyl (C=O) groups excluding carboxylic acids is 1. The van der Waals surface area contributed by atoms with Crippen LogP contribution in [0.25, 0.3) is 5.82 Å². The van der Waals surface area contributed by atoms with Crippen LogP contribution in [0.2, 0.25) is 0 Å². The number of nitrogens with zero attached hydrogens (tertiary/aromatic N) is 4. The van der Waals surface area contributed by atoms with Crippen molar-refractivity contribution in [3.8, 4) is 11.6 Å². The maximum Gasteiger partial charge on any atom is 0.271 e. The molecule has 21 heavy (non-hydrogen) atoms. The van der Waals surface area contributed by atoms with E-state index in [4.69, 9.17) is 4.74 Å². The number of rotatable bonds is 6. The molecule has 0 spiro atoms. The fourth-order valence-electron chi connectivity index (χ4n) is 1.78. The topological polar surface area (TPSA) is 94.0 Å². The number of nitrogens with one attached hydrogen (secondary N) is 2. The second-order valence-electron chi connectivity index (χ2n) is 4.23. The lowest BCUT2D eigenvalue weighted by Gasteiger charge is -2.12. The molecule has 0 aromatic carbocycles. The minimum Gasteiger partial charge on any atom is -0.490 e. The number of hydrogen-bond acceptors (Lipinski definition) is 6. The van der Waals surface area contributed by atoms with Crippen molar-refractivity contribution >= 4 is 11.7 Å². The van der Waals surface area contributed by atoms with Gasteiger partial charge in [0.15, 0.2) is 11.5 Å². The first kappa shape index (κ1) is 14.8. The highest BCUT2D eigenvalue weighted by molar-refractivity contribution is 5.91. The Morgan fingerprint density at radius 3 is 2.90 bits per heavy atom. The molecule has 0 bridgehead atoms. The molecule has 0 aliphatic carbocycles. The van der Waals surface area contributed by atoms with Gasteiger partial charge < -0.3 is 15.4 Å². The van der Waals surface area contributed by atoms with Gasteiger partial charge in [-0.2, -0.15) is 5.10 Å². The van der Waals surface area contributed by atoms with E-state index in [-0.39, 0.29) is 5.91 Å². The highest BCUT2D eigenvalue weighted by Crippen LogP contribution is 2.27. The number of ether oxygens (including phenoxy) is 1. The van der Waals surface area contributed by atoms with Crippen molar-refractivity contribution in [3.05, 3.63) is 24.3 Å². The smallest absolute Gasteiger partial charge is 0.271 e. The molecule has 112 valence electrons. The molecule has 2 aromatic rings. The number of hydrogen-bond donors (Lipinski definition) is 2. The Balaban J connectivity index is 2.38. The number of amides is 1. The number of carbonyl (C=O) groups is 1. The third-order valence-electron chi connectivity index (χ3n) is 2.80. The molecule has 0 atom stereocenters. The molecule has 0 fully saturated rings. The van der Waals surface area contributed by atoms with Gasteiger partial charge in [0.1, 0.15) is 6.33 Å². The second-order valence-corrected chi connectivity index (χ2v) is 4.23. The van der Waals surface area contributed by atoms with Gasteiger partial charge in [-0.25, -0.2) is 14.6 Å². The van der Waals surface area contributed by atoms with Gasteiger partial charge in [0.2, 0.25) is 11.6 Å². The monoisotopic (exact) mass is 290 g/mol. The van der Waals surface area contributed by atoms with Gasteiger partial charge >= 0.3 is 0 Å².